The van der Waals surface area contributed by atoms with Crippen LogP contribution in [0.25, 0.3) is 21.3 Å². The number of thiophene rings is 1. The van der Waals surface area contributed by atoms with Gasteiger partial charge in [0.05, 0.1) is 22.7 Å². The van der Waals surface area contributed by atoms with Crippen molar-refractivity contribution in [1.29, 1.82) is 0 Å². The molecule has 3 unspecified atom stereocenters. The van der Waals surface area contributed by atoms with Gasteiger partial charge in [-0.25, -0.2) is 0 Å². The van der Waals surface area contributed by atoms with E-state index in [1.165, 1.54) is 43.4 Å². The van der Waals surface area contributed by atoms with Crippen molar-refractivity contribution in [1.82, 2.24) is 15.2 Å². The number of rotatable bonds is 8. The highest BCUT2D eigenvalue weighted by atomic mass is 35.5. The third-order valence-electron chi connectivity index (χ3n) is 10.4. The number of imide groups is 1. The van der Waals surface area contributed by atoms with Crippen LogP contribution in [0.15, 0.2) is 30.5 Å². The molecule has 2 aromatic heterocycles. The first kappa shape index (κ1) is 29.2. The normalized spacial score (nSPS) is 25.4. The molecule has 0 radical (unpaired) electrons. The quantitative estimate of drug-likeness (QED) is 0.259. The van der Waals surface area contributed by atoms with Crippen molar-refractivity contribution in [3.63, 3.8) is 0 Å². The van der Waals surface area contributed by atoms with E-state index in [9.17, 15) is 9.59 Å². The molecule has 4 heterocycles. The van der Waals surface area contributed by atoms with Crippen LogP contribution in [-0.4, -0.2) is 40.9 Å². The van der Waals surface area contributed by atoms with Gasteiger partial charge in [0.1, 0.15) is 11.9 Å². The molecule has 7 rings (SSSR count). The first-order valence-electron chi connectivity index (χ1n) is 16.3. The van der Waals surface area contributed by atoms with Crippen LogP contribution >= 0.6 is 22.9 Å². The molecule has 2 amide bonds. The number of nitrogens with one attached hydrogen (secondary N) is 1. The Morgan fingerprint density at radius 1 is 1.02 bits per heavy atom. The Bertz CT molecular complexity index is 1510. The number of carbonyl (C=O) groups excluding carboxylic acids is 2. The Kier molecular flexibility index (Phi) is 8.49. The molecule has 6 nitrogen and oxygen atoms in total. The van der Waals surface area contributed by atoms with Crippen molar-refractivity contribution in [3.8, 4) is 16.9 Å². The first-order valence-corrected chi connectivity index (χ1v) is 17.5. The summed E-state index contributed by atoms with van der Waals surface area (Å²) in [6.45, 7) is 4.28. The second-order valence-corrected chi connectivity index (χ2v) is 15.0. The third kappa shape index (κ3) is 6.10. The van der Waals surface area contributed by atoms with Crippen LogP contribution in [0.5, 0.6) is 5.75 Å². The summed E-state index contributed by atoms with van der Waals surface area (Å²) in [5.41, 5.74) is 3.86. The Morgan fingerprint density at radius 2 is 1.84 bits per heavy atom. The van der Waals surface area contributed by atoms with E-state index in [-0.39, 0.29) is 23.8 Å². The minimum Gasteiger partial charge on any atom is -0.489 e. The number of benzene rings is 1. The van der Waals surface area contributed by atoms with E-state index in [0.29, 0.717) is 23.9 Å². The number of likely N-dealkylation sites (tertiary alicyclic amines) is 1. The number of aromatic nitrogens is 1. The maximum absolute atomic E-state index is 13.6. The number of carbonyl (C=O) groups is 2. The number of amides is 2. The molecule has 2 saturated carbocycles. The minimum absolute atomic E-state index is 0.0250. The van der Waals surface area contributed by atoms with Gasteiger partial charge in [0.2, 0.25) is 11.8 Å². The molecule has 4 aliphatic rings. The monoisotopic (exact) mass is 619 g/mol. The predicted molar refractivity (Wildman–Crippen MR) is 172 cm³/mol. The van der Waals surface area contributed by atoms with E-state index in [2.05, 4.69) is 10.3 Å². The Balaban J connectivity index is 1.10. The molecular weight excluding hydrogens is 578 g/mol. The molecule has 0 spiro atoms. The Labute approximate surface area is 263 Å². The number of aryl methyl sites for hydroxylation is 1. The van der Waals surface area contributed by atoms with Gasteiger partial charge in [-0.05, 0) is 99.7 Å². The van der Waals surface area contributed by atoms with E-state index >= 15 is 0 Å². The lowest BCUT2D eigenvalue weighted by molar-refractivity contribution is -0.140. The van der Waals surface area contributed by atoms with E-state index in [1.54, 1.807) is 11.3 Å². The van der Waals surface area contributed by atoms with E-state index in [0.717, 1.165) is 88.1 Å². The van der Waals surface area contributed by atoms with Gasteiger partial charge in [-0.15, -0.1) is 11.3 Å². The molecule has 3 atom stereocenters. The molecule has 1 N–H and O–H groups in total. The molecule has 1 aromatic carbocycles. The third-order valence-corrected chi connectivity index (χ3v) is 11.8. The van der Waals surface area contributed by atoms with E-state index in [4.69, 9.17) is 16.3 Å². The lowest BCUT2D eigenvalue weighted by Gasteiger charge is -2.26. The second kappa shape index (κ2) is 12.5. The summed E-state index contributed by atoms with van der Waals surface area (Å²) in [6, 6.07) is 8.00. The van der Waals surface area contributed by atoms with Crippen molar-refractivity contribution in [3.05, 3.63) is 45.9 Å². The molecule has 2 aliphatic heterocycles. The summed E-state index contributed by atoms with van der Waals surface area (Å²) in [7, 11) is 0. The van der Waals surface area contributed by atoms with Crippen LogP contribution in [0, 0.1) is 30.6 Å². The lowest BCUT2D eigenvalue weighted by Crippen LogP contribution is -2.34. The van der Waals surface area contributed by atoms with Crippen LogP contribution < -0.4 is 10.1 Å². The van der Waals surface area contributed by atoms with Crippen LogP contribution in [-0.2, 0) is 16.1 Å². The van der Waals surface area contributed by atoms with E-state index < -0.39 is 0 Å². The molecule has 43 heavy (non-hydrogen) atoms. The van der Waals surface area contributed by atoms with Crippen molar-refractivity contribution in [2.45, 2.75) is 90.2 Å². The highest BCUT2D eigenvalue weighted by Crippen LogP contribution is 2.46. The highest BCUT2D eigenvalue weighted by Gasteiger charge is 2.45. The molecule has 228 valence electrons. The summed E-state index contributed by atoms with van der Waals surface area (Å²) in [6.07, 6.45) is 14.6. The fourth-order valence-electron chi connectivity index (χ4n) is 8.25. The molecule has 4 fully saturated rings. The molecule has 0 bridgehead atoms. The number of ether oxygens (including phenoxy) is 1. The number of fused-ring (bicyclic) bond motifs is 1. The van der Waals surface area contributed by atoms with Gasteiger partial charge in [0, 0.05) is 33.6 Å². The average Bonchev–Trinajstić information content (AvgIpc) is 3.80. The SMILES string of the molecule is Cc1cc(Cl)cc(-c2ccnc3cc(CN4C(=O)CC(C5CCC(CC6CCCC6)C5)C4=O)sc23)c1OC1CCNCC1. The van der Waals surface area contributed by atoms with Crippen LogP contribution in [0.2, 0.25) is 5.02 Å². The number of pyridine rings is 1. The zero-order valence-corrected chi connectivity index (χ0v) is 26.7. The predicted octanol–water partition coefficient (Wildman–Crippen LogP) is 7.93. The standard InChI is InChI=1S/C35H42ClN3O3S/c1-21-14-25(36)17-30(33(21)42-26-8-11-37-12-9-26)28-10-13-38-31-18-27(43-34(28)31)20-39-32(40)19-29(35(39)41)24-7-6-23(16-24)15-22-4-2-3-5-22/h10,13-14,17-18,22-24,26,29,37H,2-9,11-12,15-16,19-20H2,1H3. The van der Waals surface area contributed by atoms with Crippen LogP contribution in [0.4, 0.5) is 0 Å². The fourth-order valence-corrected chi connectivity index (χ4v) is 9.66. The van der Waals surface area contributed by atoms with Crippen LogP contribution in [0.1, 0.15) is 81.1 Å². The maximum atomic E-state index is 13.6. The number of hydrogen-bond donors (Lipinski definition) is 1. The van der Waals surface area contributed by atoms with Crippen molar-refractivity contribution < 1.29 is 14.3 Å². The fraction of sp³-hybridized carbons (Fsp3) is 0.571. The first-order chi connectivity index (χ1) is 20.9. The number of piperidine rings is 1. The largest absolute Gasteiger partial charge is 0.489 e. The summed E-state index contributed by atoms with van der Waals surface area (Å²) in [5, 5.41) is 4.08. The smallest absolute Gasteiger partial charge is 0.233 e. The lowest BCUT2D eigenvalue weighted by atomic mass is 9.86. The Hall–Kier alpha value is -2.48. The van der Waals surface area contributed by atoms with Gasteiger partial charge in [-0.3, -0.25) is 19.5 Å². The van der Waals surface area contributed by atoms with Gasteiger partial charge in [0.25, 0.3) is 0 Å². The van der Waals surface area contributed by atoms with E-state index in [1.807, 2.05) is 37.4 Å². The molecule has 8 heteroatoms. The summed E-state index contributed by atoms with van der Waals surface area (Å²) in [5.74, 6) is 2.70. The molecule has 2 saturated heterocycles. The van der Waals surface area contributed by atoms with Crippen molar-refractivity contribution >= 4 is 45.0 Å². The van der Waals surface area contributed by atoms with Crippen molar-refractivity contribution in [2.75, 3.05) is 13.1 Å². The Morgan fingerprint density at radius 3 is 2.65 bits per heavy atom. The zero-order chi connectivity index (χ0) is 29.5. The second-order valence-electron chi connectivity index (χ2n) is 13.4. The summed E-state index contributed by atoms with van der Waals surface area (Å²) >= 11 is 8.19. The minimum atomic E-state index is -0.145. The zero-order valence-electron chi connectivity index (χ0n) is 25.1. The highest BCUT2D eigenvalue weighted by molar-refractivity contribution is 7.19. The topological polar surface area (TPSA) is 71.5 Å². The molecule has 3 aromatic rings. The number of halogens is 1. The van der Waals surface area contributed by atoms with Crippen LogP contribution in [0.3, 0.4) is 0 Å². The van der Waals surface area contributed by atoms with Gasteiger partial charge in [-0.1, -0.05) is 43.7 Å². The van der Waals surface area contributed by atoms with Gasteiger partial charge >= 0.3 is 0 Å². The number of nitrogens with zero attached hydrogens (tertiary/aromatic N) is 2. The average molecular weight is 620 g/mol. The van der Waals surface area contributed by atoms with Gasteiger partial charge < -0.3 is 10.1 Å². The van der Waals surface area contributed by atoms with Crippen molar-refractivity contribution in [2.24, 2.45) is 23.7 Å². The summed E-state index contributed by atoms with van der Waals surface area (Å²) in [4.78, 5) is 34.0. The maximum Gasteiger partial charge on any atom is 0.233 e. The van der Waals surface area contributed by atoms with Gasteiger partial charge in [-0.2, -0.15) is 0 Å². The summed E-state index contributed by atoms with van der Waals surface area (Å²) < 4.78 is 7.63. The number of hydrogen-bond acceptors (Lipinski definition) is 6. The molecular formula is C35H42ClN3O3S. The molecule has 2 aliphatic carbocycles. The van der Waals surface area contributed by atoms with Gasteiger partial charge in [0.15, 0.2) is 0 Å².